The van der Waals surface area contributed by atoms with Crippen LogP contribution in [0.25, 0.3) is 11.5 Å². The summed E-state index contributed by atoms with van der Waals surface area (Å²) in [5, 5.41) is 5.62. The van der Waals surface area contributed by atoms with Gasteiger partial charge in [-0.1, -0.05) is 17.3 Å². The number of benzene rings is 2. The summed E-state index contributed by atoms with van der Waals surface area (Å²) in [5.74, 6) is 1.10. The van der Waals surface area contributed by atoms with Crippen LogP contribution in [0.5, 0.6) is 5.75 Å². The van der Waals surface area contributed by atoms with Gasteiger partial charge in [-0.3, -0.25) is 0 Å². The molecule has 3 aromatic rings. The number of hydrogen-bond donors (Lipinski definition) is 0. The molecule has 1 aromatic heterocycles. The van der Waals surface area contributed by atoms with E-state index in [9.17, 15) is 4.39 Å². The normalized spacial score (nSPS) is 13.7. The lowest BCUT2D eigenvalue weighted by Gasteiger charge is -2.13. The highest BCUT2D eigenvalue weighted by Crippen LogP contribution is 2.19. The van der Waals surface area contributed by atoms with Gasteiger partial charge >= 0.3 is 0 Å². The number of nitrogens with zero attached hydrogens (tertiary/aromatic N) is 4. The summed E-state index contributed by atoms with van der Waals surface area (Å²) in [6.45, 7) is 1.28. The van der Waals surface area contributed by atoms with Gasteiger partial charge in [-0.25, -0.2) is 9.38 Å². The average molecular weight is 354 g/mol. The smallest absolute Gasteiger partial charge is 0.258 e. The summed E-state index contributed by atoms with van der Waals surface area (Å²) in [6.07, 6.45) is 1.43. The zero-order valence-electron chi connectivity index (χ0n) is 13.7. The Balaban J connectivity index is 1.37. The van der Waals surface area contributed by atoms with Crippen molar-refractivity contribution in [2.75, 3.05) is 6.67 Å². The molecular weight excluding hydrogens is 339 g/mol. The maximum absolute atomic E-state index is 13.0. The van der Waals surface area contributed by atoms with E-state index in [-0.39, 0.29) is 12.4 Å². The third-order valence-electron chi connectivity index (χ3n) is 3.69. The van der Waals surface area contributed by atoms with E-state index in [4.69, 9.17) is 14.1 Å². The van der Waals surface area contributed by atoms with Crippen molar-refractivity contribution < 1.29 is 18.5 Å². The van der Waals surface area contributed by atoms with Gasteiger partial charge in [-0.15, -0.1) is 5.06 Å². The van der Waals surface area contributed by atoms with Crippen molar-refractivity contribution in [1.29, 1.82) is 0 Å². The summed E-state index contributed by atoms with van der Waals surface area (Å²) < 4.78 is 23.9. The standard InChI is InChI=1S/C18H15FN4O3/c19-15-6-4-14(5-7-15)18-21-17(22-26-18)10-24-16-3-1-2-13(8-16)9-23-11-20-12-25-23/h1-8,12H,9-11H2. The van der Waals surface area contributed by atoms with Crippen LogP contribution in [0.4, 0.5) is 4.39 Å². The molecule has 26 heavy (non-hydrogen) atoms. The van der Waals surface area contributed by atoms with Gasteiger partial charge in [0.2, 0.25) is 5.82 Å². The van der Waals surface area contributed by atoms with Crippen LogP contribution in [0.1, 0.15) is 11.4 Å². The molecule has 0 atom stereocenters. The van der Waals surface area contributed by atoms with Crippen LogP contribution in [0.3, 0.4) is 0 Å². The first-order valence-electron chi connectivity index (χ1n) is 7.96. The minimum atomic E-state index is -0.317. The largest absolute Gasteiger partial charge is 0.485 e. The van der Waals surface area contributed by atoms with Crippen LogP contribution >= 0.6 is 0 Å². The first kappa shape index (κ1) is 16.2. The van der Waals surface area contributed by atoms with Crippen LogP contribution in [0, 0.1) is 5.82 Å². The van der Waals surface area contributed by atoms with Crippen molar-refractivity contribution in [2.24, 2.45) is 4.99 Å². The van der Waals surface area contributed by atoms with Gasteiger partial charge in [0, 0.05) is 5.56 Å². The highest BCUT2D eigenvalue weighted by Gasteiger charge is 2.11. The van der Waals surface area contributed by atoms with Gasteiger partial charge in [-0.2, -0.15) is 4.98 Å². The lowest BCUT2D eigenvalue weighted by atomic mass is 10.2. The van der Waals surface area contributed by atoms with E-state index in [0.29, 0.717) is 36.2 Å². The summed E-state index contributed by atoms with van der Waals surface area (Å²) >= 11 is 0. The second-order valence-corrected chi connectivity index (χ2v) is 5.63. The fourth-order valence-electron chi connectivity index (χ4n) is 2.45. The molecule has 1 aliphatic rings. The van der Waals surface area contributed by atoms with E-state index >= 15 is 0 Å². The predicted octanol–water partition coefficient (Wildman–Crippen LogP) is 3.19. The molecule has 0 amide bonds. The van der Waals surface area contributed by atoms with Crippen molar-refractivity contribution in [3.63, 3.8) is 0 Å². The fourth-order valence-corrected chi connectivity index (χ4v) is 2.45. The zero-order valence-corrected chi connectivity index (χ0v) is 13.7. The van der Waals surface area contributed by atoms with Crippen molar-refractivity contribution in [3.05, 3.63) is 65.7 Å². The Labute approximate surface area is 148 Å². The highest BCUT2D eigenvalue weighted by molar-refractivity contribution is 5.52. The second kappa shape index (κ2) is 7.32. The monoisotopic (exact) mass is 354 g/mol. The lowest BCUT2D eigenvalue weighted by Crippen LogP contribution is -2.17. The van der Waals surface area contributed by atoms with Gasteiger partial charge in [0.1, 0.15) is 18.2 Å². The van der Waals surface area contributed by atoms with Crippen molar-refractivity contribution in [3.8, 4) is 17.2 Å². The SMILES string of the molecule is Fc1ccc(-c2nc(COc3cccc(CN4CN=CO4)c3)no2)cc1. The minimum absolute atomic E-state index is 0.164. The number of aromatic nitrogens is 2. The lowest BCUT2D eigenvalue weighted by molar-refractivity contribution is -0.0519. The molecule has 2 heterocycles. The molecule has 7 nitrogen and oxygen atoms in total. The van der Waals surface area contributed by atoms with Gasteiger partial charge < -0.3 is 14.1 Å². The van der Waals surface area contributed by atoms with E-state index < -0.39 is 0 Å². The second-order valence-electron chi connectivity index (χ2n) is 5.63. The topological polar surface area (TPSA) is 73.0 Å². The minimum Gasteiger partial charge on any atom is -0.485 e. The molecule has 0 N–H and O–H groups in total. The quantitative estimate of drug-likeness (QED) is 0.677. The van der Waals surface area contributed by atoms with Crippen molar-refractivity contribution in [1.82, 2.24) is 15.2 Å². The number of aliphatic imine (C=N–C) groups is 1. The maximum atomic E-state index is 13.0. The van der Waals surface area contributed by atoms with E-state index in [1.807, 2.05) is 24.3 Å². The molecule has 0 unspecified atom stereocenters. The van der Waals surface area contributed by atoms with Crippen LogP contribution in [-0.2, 0) is 18.0 Å². The molecule has 0 spiro atoms. The highest BCUT2D eigenvalue weighted by atomic mass is 19.1. The van der Waals surface area contributed by atoms with Crippen LogP contribution in [0.2, 0.25) is 0 Å². The zero-order chi connectivity index (χ0) is 17.8. The number of hydrogen-bond acceptors (Lipinski definition) is 7. The van der Waals surface area contributed by atoms with Crippen LogP contribution in [-0.4, -0.2) is 28.3 Å². The average Bonchev–Trinajstić information content (AvgIpc) is 3.33. The first-order valence-corrected chi connectivity index (χ1v) is 7.96. The molecule has 2 aromatic carbocycles. The number of halogens is 1. The number of hydroxylamine groups is 2. The van der Waals surface area contributed by atoms with Gasteiger partial charge in [-0.05, 0) is 42.0 Å². The molecule has 4 rings (SSSR count). The molecule has 8 heteroatoms. The number of rotatable bonds is 6. The van der Waals surface area contributed by atoms with Crippen molar-refractivity contribution in [2.45, 2.75) is 13.2 Å². The third kappa shape index (κ3) is 3.86. The summed E-state index contributed by atoms with van der Waals surface area (Å²) in [4.78, 5) is 13.5. The summed E-state index contributed by atoms with van der Waals surface area (Å²) in [7, 11) is 0. The van der Waals surface area contributed by atoms with Crippen LogP contribution in [0.15, 0.2) is 58.0 Å². The fraction of sp³-hybridized carbons (Fsp3) is 0.167. The third-order valence-corrected chi connectivity index (χ3v) is 3.69. The van der Waals surface area contributed by atoms with E-state index in [1.165, 1.54) is 18.5 Å². The Morgan fingerprint density at radius 3 is 2.85 bits per heavy atom. The molecule has 0 saturated heterocycles. The molecular formula is C18H15FN4O3. The van der Waals surface area contributed by atoms with Gasteiger partial charge in [0.15, 0.2) is 13.0 Å². The van der Waals surface area contributed by atoms with E-state index in [2.05, 4.69) is 15.1 Å². The Hall–Kier alpha value is -3.26. The maximum Gasteiger partial charge on any atom is 0.258 e. The predicted molar refractivity (Wildman–Crippen MR) is 90.5 cm³/mol. The molecule has 0 fully saturated rings. The molecule has 132 valence electrons. The first-order chi connectivity index (χ1) is 12.8. The van der Waals surface area contributed by atoms with Gasteiger partial charge in [0.25, 0.3) is 5.89 Å². The van der Waals surface area contributed by atoms with Crippen molar-refractivity contribution >= 4 is 6.40 Å². The molecule has 1 aliphatic heterocycles. The van der Waals surface area contributed by atoms with Crippen LogP contribution < -0.4 is 4.74 Å². The molecule has 0 radical (unpaired) electrons. The van der Waals surface area contributed by atoms with Gasteiger partial charge in [0.05, 0.1) is 6.54 Å². The number of ether oxygens (including phenoxy) is 1. The molecule has 0 saturated carbocycles. The van der Waals surface area contributed by atoms with E-state index in [0.717, 1.165) is 5.56 Å². The Morgan fingerprint density at radius 1 is 1.15 bits per heavy atom. The van der Waals surface area contributed by atoms with E-state index in [1.54, 1.807) is 17.2 Å². The Morgan fingerprint density at radius 2 is 2.04 bits per heavy atom. The summed E-state index contributed by atoms with van der Waals surface area (Å²) in [6, 6.07) is 13.5. The Kier molecular flexibility index (Phi) is 4.57. The summed E-state index contributed by atoms with van der Waals surface area (Å²) in [5.41, 5.74) is 1.69. The molecule has 0 aliphatic carbocycles. The molecule has 0 bridgehead atoms. The Bertz CT molecular complexity index is 903.